The van der Waals surface area contributed by atoms with Crippen LogP contribution in [-0.4, -0.2) is 80.3 Å². The summed E-state index contributed by atoms with van der Waals surface area (Å²) in [5.74, 6) is 1.10. The van der Waals surface area contributed by atoms with Gasteiger partial charge in [-0.3, -0.25) is 14.5 Å². The Morgan fingerprint density at radius 3 is 2.35 bits per heavy atom. The summed E-state index contributed by atoms with van der Waals surface area (Å²) in [4.78, 5) is 28.1. The van der Waals surface area contributed by atoms with Gasteiger partial charge in [-0.15, -0.1) is 0 Å². The molecule has 0 aromatic heterocycles. The molecule has 3 rings (SSSR count). The Morgan fingerprint density at radius 1 is 1.17 bits per heavy atom. The third kappa shape index (κ3) is 4.23. The fourth-order valence-corrected chi connectivity index (χ4v) is 5.09. The number of rotatable bonds is 4. The number of sulfone groups is 1. The van der Waals surface area contributed by atoms with Crippen molar-refractivity contribution in [3.05, 3.63) is 0 Å². The summed E-state index contributed by atoms with van der Waals surface area (Å²) in [6, 6.07) is -0.244. The van der Waals surface area contributed by atoms with Crippen LogP contribution in [0.5, 0.6) is 0 Å². The average molecular weight is 343 g/mol. The first kappa shape index (κ1) is 16.7. The molecule has 3 atom stereocenters. The van der Waals surface area contributed by atoms with Crippen LogP contribution in [0.15, 0.2) is 0 Å². The van der Waals surface area contributed by atoms with E-state index in [-0.39, 0.29) is 41.8 Å². The second-order valence-corrected chi connectivity index (χ2v) is 9.32. The van der Waals surface area contributed by atoms with Gasteiger partial charge in [-0.05, 0) is 18.8 Å². The highest BCUT2D eigenvalue weighted by molar-refractivity contribution is 7.91. The third-order valence-electron chi connectivity index (χ3n) is 5.08. The normalized spacial score (nSPS) is 33.4. The van der Waals surface area contributed by atoms with Gasteiger partial charge in [0.15, 0.2) is 9.84 Å². The molecule has 0 spiro atoms. The van der Waals surface area contributed by atoms with Crippen molar-refractivity contribution < 1.29 is 18.0 Å². The predicted octanol–water partition coefficient (Wildman–Crippen LogP) is -0.910. The van der Waals surface area contributed by atoms with Crippen LogP contribution < -0.4 is 5.32 Å². The minimum absolute atomic E-state index is 0.0561. The van der Waals surface area contributed by atoms with Crippen LogP contribution in [0, 0.1) is 11.8 Å². The molecule has 2 aliphatic heterocycles. The molecule has 1 saturated carbocycles. The van der Waals surface area contributed by atoms with Crippen molar-refractivity contribution >= 4 is 21.7 Å². The second kappa shape index (κ2) is 6.39. The van der Waals surface area contributed by atoms with E-state index in [1.165, 1.54) is 0 Å². The molecule has 0 radical (unpaired) electrons. The van der Waals surface area contributed by atoms with Gasteiger partial charge in [0.25, 0.3) is 0 Å². The Balaban J connectivity index is 1.38. The summed E-state index contributed by atoms with van der Waals surface area (Å²) in [6.45, 7) is 5.12. The minimum Gasteiger partial charge on any atom is -0.351 e. The molecular formula is C15H25N3O4S. The van der Waals surface area contributed by atoms with E-state index in [1.807, 2.05) is 9.80 Å². The summed E-state index contributed by atoms with van der Waals surface area (Å²) >= 11 is 0. The lowest BCUT2D eigenvalue weighted by molar-refractivity contribution is -0.134. The van der Waals surface area contributed by atoms with Crippen LogP contribution in [0.4, 0.5) is 0 Å². The number of nitrogens with one attached hydrogen (secondary N) is 1. The van der Waals surface area contributed by atoms with Crippen LogP contribution in [0.2, 0.25) is 0 Å². The molecule has 3 fully saturated rings. The monoisotopic (exact) mass is 343 g/mol. The summed E-state index contributed by atoms with van der Waals surface area (Å²) in [6.07, 6.45) is 1.52. The maximum Gasteiger partial charge on any atom is 0.234 e. The molecule has 0 aromatic carbocycles. The molecule has 8 heteroatoms. The Labute approximate surface area is 137 Å². The van der Waals surface area contributed by atoms with Gasteiger partial charge in [0.2, 0.25) is 11.8 Å². The van der Waals surface area contributed by atoms with Crippen molar-refractivity contribution in [1.82, 2.24) is 15.1 Å². The highest BCUT2D eigenvalue weighted by Gasteiger charge is 2.42. The highest BCUT2D eigenvalue weighted by Crippen LogP contribution is 2.39. The summed E-state index contributed by atoms with van der Waals surface area (Å²) in [5, 5.41) is 2.81. The summed E-state index contributed by atoms with van der Waals surface area (Å²) in [7, 11) is -2.97. The number of carbonyl (C=O) groups is 2. The van der Waals surface area contributed by atoms with Gasteiger partial charge < -0.3 is 10.2 Å². The van der Waals surface area contributed by atoms with Gasteiger partial charge in [-0.2, -0.15) is 0 Å². The molecule has 0 bridgehead atoms. The van der Waals surface area contributed by atoms with E-state index in [4.69, 9.17) is 0 Å². The van der Waals surface area contributed by atoms with Crippen molar-refractivity contribution in [3.8, 4) is 0 Å². The lowest BCUT2D eigenvalue weighted by Gasteiger charge is -2.34. The van der Waals surface area contributed by atoms with Crippen molar-refractivity contribution in [2.45, 2.75) is 25.8 Å². The van der Waals surface area contributed by atoms with E-state index in [0.717, 1.165) is 6.42 Å². The van der Waals surface area contributed by atoms with Gasteiger partial charge in [0.05, 0.1) is 18.1 Å². The molecule has 3 aliphatic rings. The average Bonchev–Trinajstić information content (AvgIpc) is 3.12. The van der Waals surface area contributed by atoms with Crippen molar-refractivity contribution in [2.75, 3.05) is 44.2 Å². The third-order valence-corrected chi connectivity index (χ3v) is 6.84. The van der Waals surface area contributed by atoms with Crippen LogP contribution in [0.25, 0.3) is 0 Å². The first-order chi connectivity index (χ1) is 10.8. The molecule has 23 heavy (non-hydrogen) atoms. The van der Waals surface area contributed by atoms with Crippen molar-refractivity contribution in [1.29, 1.82) is 0 Å². The standard InChI is InChI=1S/C15H25N3O4S/c1-11-8-13(11)15(20)18-5-3-17(4-6-18)9-14(19)16-12-2-7-23(21,22)10-12/h11-13H,2-10H2,1H3,(H,16,19)/t11-,12+,13-/m1/s1. The molecule has 0 unspecified atom stereocenters. The van der Waals surface area contributed by atoms with Gasteiger partial charge in [0, 0.05) is 38.1 Å². The number of piperazine rings is 1. The number of hydrogen-bond acceptors (Lipinski definition) is 5. The van der Waals surface area contributed by atoms with E-state index in [0.29, 0.717) is 38.5 Å². The Morgan fingerprint density at radius 2 is 1.83 bits per heavy atom. The van der Waals surface area contributed by atoms with Gasteiger partial charge >= 0.3 is 0 Å². The maximum absolute atomic E-state index is 12.2. The number of carbonyl (C=O) groups excluding carboxylic acids is 2. The van der Waals surface area contributed by atoms with Gasteiger partial charge in [0.1, 0.15) is 0 Å². The number of nitrogens with zero attached hydrogens (tertiary/aromatic N) is 2. The Hall–Kier alpha value is -1.15. The van der Waals surface area contributed by atoms with E-state index < -0.39 is 9.84 Å². The maximum atomic E-state index is 12.2. The van der Waals surface area contributed by atoms with E-state index >= 15 is 0 Å². The van der Waals surface area contributed by atoms with Crippen LogP contribution in [0.3, 0.4) is 0 Å². The molecule has 130 valence electrons. The molecule has 2 saturated heterocycles. The zero-order chi connectivity index (χ0) is 16.6. The van der Waals surface area contributed by atoms with Crippen LogP contribution >= 0.6 is 0 Å². The highest BCUT2D eigenvalue weighted by atomic mass is 32.2. The van der Waals surface area contributed by atoms with Crippen LogP contribution in [-0.2, 0) is 19.4 Å². The first-order valence-electron chi connectivity index (χ1n) is 8.35. The minimum atomic E-state index is -2.97. The van der Waals surface area contributed by atoms with E-state index in [2.05, 4.69) is 12.2 Å². The molecule has 1 N–H and O–H groups in total. The fraction of sp³-hybridized carbons (Fsp3) is 0.867. The van der Waals surface area contributed by atoms with Gasteiger partial charge in [-0.25, -0.2) is 8.42 Å². The smallest absolute Gasteiger partial charge is 0.234 e. The molecule has 7 nitrogen and oxygen atoms in total. The molecule has 1 aliphatic carbocycles. The quantitative estimate of drug-likeness (QED) is 0.714. The first-order valence-corrected chi connectivity index (χ1v) is 10.2. The SMILES string of the molecule is C[C@@H]1C[C@H]1C(=O)N1CCN(CC(=O)N[C@H]2CCS(=O)(=O)C2)CC1. The molecule has 2 heterocycles. The molecule has 0 aromatic rings. The van der Waals surface area contributed by atoms with E-state index in [9.17, 15) is 18.0 Å². The largest absolute Gasteiger partial charge is 0.351 e. The van der Waals surface area contributed by atoms with Crippen molar-refractivity contribution in [3.63, 3.8) is 0 Å². The Bertz CT molecular complexity index is 584. The fourth-order valence-electron chi connectivity index (χ4n) is 3.41. The summed E-state index contributed by atoms with van der Waals surface area (Å²) < 4.78 is 22.8. The number of hydrogen-bond donors (Lipinski definition) is 1. The topological polar surface area (TPSA) is 86.8 Å². The lowest BCUT2D eigenvalue weighted by Crippen LogP contribution is -2.52. The molecular weight excluding hydrogens is 318 g/mol. The van der Waals surface area contributed by atoms with Crippen LogP contribution in [0.1, 0.15) is 19.8 Å². The van der Waals surface area contributed by atoms with E-state index in [1.54, 1.807) is 0 Å². The van der Waals surface area contributed by atoms with Crippen molar-refractivity contribution in [2.24, 2.45) is 11.8 Å². The zero-order valence-corrected chi connectivity index (χ0v) is 14.3. The zero-order valence-electron chi connectivity index (χ0n) is 13.5. The lowest BCUT2D eigenvalue weighted by atomic mass is 10.2. The number of amides is 2. The second-order valence-electron chi connectivity index (χ2n) is 7.09. The summed E-state index contributed by atoms with van der Waals surface area (Å²) in [5.41, 5.74) is 0. The van der Waals surface area contributed by atoms with Gasteiger partial charge in [-0.1, -0.05) is 6.92 Å². The molecule has 2 amide bonds. The predicted molar refractivity (Wildman–Crippen MR) is 85.5 cm³/mol. The Kier molecular flexibility index (Phi) is 4.64.